The Morgan fingerprint density at radius 1 is 1.18 bits per heavy atom. The quantitative estimate of drug-likeness (QED) is 0.353. The third-order valence-corrected chi connectivity index (χ3v) is 9.01. The normalized spacial score (nSPS) is 22.5. The van der Waals surface area contributed by atoms with Gasteiger partial charge in [0, 0.05) is 38.2 Å². The zero-order chi connectivity index (χ0) is 28.3. The lowest BCUT2D eigenvalue weighted by atomic mass is 9.85. The summed E-state index contributed by atoms with van der Waals surface area (Å²) >= 11 is 5.93. The van der Waals surface area contributed by atoms with E-state index in [1.54, 1.807) is 17.7 Å². The number of carboxylic acid groups (broad SMARTS) is 1. The number of carboxylic acids is 1. The summed E-state index contributed by atoms with van der Waals surface area (Å²) in [5, 5.41) is 16.6. The van der Waals surface area contributed by atoms with Crippen LogP contribution in [0, 0.1) is 30.6 Å². The van der Waals surface area contributed by atoms with E-state index >= 15 is 0 Å². The van der Waals surface area contributed by atoms with Gasteiger partial charge in [-0.25, -0.2) is 14.8 Å². The summed E-state index contributed by atoms with van der Waals surface area (Å²) in [6.45, 7) is 5.97. The van der Waals surface area contributed by atoms with E-state index < -0.39 is 5.97 Å². The smallest absolute Gasteiger partial charge is 0.356 e. The predicted molar refractivity (Wildman–Crippen MR) is 153 cm³/mol. The lowest BCUT2D eigenvalue weighted by Crippen LogP contribution is -2.37. The van der Waals surface area contributed by atoms with Crippen LogP contribution < -0.4 is 21.1 Å². The van der Waals surface area contributed by atoms with Crippen LogP contribution in [0.25, 0.3) is 10.9 Å². The second kappa shape index (κ2) is 10.1. The average molecular weight is 565 g/mol. The number of hydrogen-bond acceptors (Lipinski definition) is 7. The van der Waals surface area contributed by atoms with Crippen LogP contribution in [-0.4, -0.2) is 51.2 Å². The number of anilines is 2. The topological polar surface area (TPSA) is 129 Å². The number of aromatic nitrogens is 3. The fourth-order valence-electron chi connectivity index (χ4n) is 6.32. The Morgan fingerprint density at radius 3 is 2.55 bits per heavy atom. The zero-order valence-corrected chi connectivity index (χ0v) is 23.5. The molecule has 3 aromatic rings. The van der Waals surface area contributed by atoms with Gasteiger partial charge in [-0.15, -0.1) is 0 Å². The van der Waals surface area contributed by atoms with Gasteiger partial charge in [0.15, 0.2) is 5.69 Å². The number of nitrogens with one attached hydrogen (secondary N) is 2. The highest BCUT2D eigenvalue weighted by atomic mass is 35.5. The largest absolute Gasteiger partial charge is 0.476 e. The molecule has 10 nitrogen and oxygen atoms in total. The van der Waals surface area contributed by atoms with Crippen molar-refractivity contribution in [2.45, 2.75) is 39.2 Å². The van der Waals surface area contributed by atoms with Crippen molar-refractivity contribution in [2.24, 2.45) is 30.7 Å². The highest BCUT2D eigenvalue weighted by molar-refractivity contribution is 6.29. The number of pyridine rings is 1. The second-order valence-corrected chi connectivity index (χ2v) is 11.9. The zero-order valence-electron chi connectivity index (χ0n) is 22.8. The van der Waals surface area contributed by atoms with Crippen LogP contribution >= 0.6 is 11.6 Å². The minimum absolute atomic E-state index is 0.0488. The minimum Gasteiger partial charge on any atom is -0.476 e. The molecule has 3 fully saturated rings. The maximum Gasteiger partial charge on any atom is 0.356 e. The van der Waals surface area contributed by atoms with E-state index in [0.717, 1.165) is 17.7 Å². The molecule has 0 bridgehead atoms. The van der Waals surface area contributed by atoms with Crippen molar-refractivity contribution in [3.8, 4) is 0 Å². The molecule has 210 valence electrons. The number of nitrogens with zero attached hydrogens (tertiary/aromatic N) is 4. The van der Waals surface area contributed by atoms with Crippen LogP contribution in [0.3, 0.4) is 0 Å². The summed E-state index contributed by atoms with van der Waals surface area (Å²) in [4.78, 5) is 49.1. The number of hydrogen-bond donors (Lipinski definition) is 3. The van der Waals surface area contributed by atoms with E-state index in [1.165, 1.54) is 25.3 Å². The van der Waals surface area contributed by atoms with E-state index in [4.69, 9.17) is 16.6 Å². The standard InChI is InChI=1S/C29H33ClN6O4/c1-14-9-17(15(2)32-21-7-8-22(30)33-25(21)28(39)40)24-18(10-14)27(38)35(3)29(34-24)36-12-19-20(13-36)23(19)26(37)31-11-16-5-4-6-16/h7-10,15-16,19-20,23,32H,4-6,11-13H2,1-3H3,(H,31,37)(H,39,40). The van der Waals surface area contributed by atoms with Crippen molar-refractivity contribution in [1.29, 1.82) is 0 Å². The summed E-state index contributed by atoms with van der Waals surface area (Å²) in [5.74, 6) is 0.789. The van der Waals surface area contributed by atoms with Gasteiger partial charge in [0.25, 0.3) is 5.56 Å². The molecule has 1 aliphatic heterocycles. The number of amides is 1. The molecular weight excluding hydrogens is 532 g/mol. The van der Waals surface area contributed by atoms with Crippen molar-refractivity contribution < 1.29 is 14.7 Å². The lowest BCUT2D eigenvalue weighted by molar-refractivity contribution is -0.123. The van der Waals surface area contributed by atoms with Crippen LogP contribution in [-0.2, 0) is 11.8 Å². The first kappa shape index (κ1) is 26.6. The van der Waals surface area contributed by atoms with Gasteiger partial charge >= 0.3 is 5.97 Å². The maximum atomic E-state index is 13.5. The van der Waals surface area contributed by atoms with E-state index in [-0.39, 0.29) is 46.1 Å². The number of piperidine rings is 1. The molecule has 3 N–H and O–H groups in total. The van der Waals surface area contributed by atoms with E-state index in [9.17, 15) is 19.5 Å². The van der Waals surface area contributed by atoms with Crippen LogP contribution in [0.4, 0.5) is 11.6 Å². The molecule has 11 heteroatoms. The van der Waals surface area contributed by atoms with Crippen molar-refractivity contribution in [1.82, 2.24) is 19.9 Å². The van der Waals surface area contributed by atoms with Crippen molar-refractivity contribution in [3.05, 3.63) is 56.6 Å². The predicted octanol–water partition coefficient (Wildman–Crippen LogP) is 3.76. The second-order valence-electron chi connectivity index (χ2n) is 11.5. The van der Waals surface area contributed by atoms with E-state index in [0.29, 0.717) is 41.5 Å². The molecule has 1 amide bonds. The van der Waals surface area contributed by atoms with Gasteiger partial charge in [-0.3, -0.25) is 14.2 Å². The molecule has 2 aromatic heterocycles. The third-order valence-electron chi connectivity index (χ3n) is 8.80. The summed E-state index contributed by atoms with van der Waals surface area (Å²) in [5.41, 5.74) is 2.24. The van der Waals surface area contributed by atoms with Gasteiger partial charge in [-0.2, -0.15) is 0 Å². The highest BCUT2D eigenvalue weighted by Crippen LogP contribution is 2.52. The van der Waals surface area contributed by atoms with Gasteiger partial charge < -0.3 is 20.6 Å². The Kier molecular flexibility index (Phi) is 6.68. The fourth-order valence-corrected chi connectivity index (χ4v) is 6.47. The number of rotatable bonds is 8. The molecule has 0 radical (unpaired) electrons. The molecule has 6 rings (SSSR count). The summed E-state index contributed by atoms with van der Waals surface area (Å²) in [7, 11) is 1.74. The molecule has 1 aromatic carbocycles. The van der Waals surface area contributed by atoms with Gasteiger partial charge in [-0.1, -0.05) is 24.1 Å². The number of carbonyl (C=O) groups excluding carboxylic acids is 1. The van der Waals surface area contributed by atoms with Gasteiger partial charge in [0.1, 0.15) is 5.15 Å². The molecule has 0 spiro atoms. The number of fused-ring (bicyclic) bond motifs is 2. The number of aryl methyl sites for hydroxylation is 1. The van der Waals surface area contributed by atoms with Gasteiger partial charge in [0.05, 0.1) is 22.6 Å². The first-order valence-corrected chi connectivity index (χ1v) is 14.2. The number of aromatic carboxylic acids is 1. The Labute approximate surface area is 236 Å². The van der Waals surface area contributed by atoms with Crippen molar-refractivity contribution >= 4 is 46.0 Å². The molecular formula is C29H33ClN6O4. The molecule has 3 unspecified atom stereocenters. The molecule has 1 saturated heterocycles. The van der Waals surface area contributed by atoms with Crippen LogP contribution in [0.2, 0.25) is 5.15 Å². The highest BCUT2D eigenvalue weighted by Gasteiger charge is 2.59. The fraction of sp³-hybridized carbons (Fsp3) is 0.483. The average Bonchev–Trinajstić information content (AvgIpc) is 3.39. The van der Waals surface area contributed by atoms with Crippen LogP contribution in [0.15, 0.2) is 29.1 Å². The first-order valence-electron chi connectivity index (χ1n) is 13.8. The van der Waals surface area contributed by atoms with Crippen molar-refractivity contribution in [3.63, 3.8) is 0 Å². The van der Waals surface area contributed by atoms with Gasteiger partial charge in [0.2, 0.25) is 11.9 Å². The lowest BCUT2D eigenvalue weighted by Gasteiger charge is -2.26. The van der Waals surface area contributed by atoms with Crippen molar-refractivity contribution in [2.75, 3.05) is 29.9 Å². The van der Waals surface area contributed by atoms with E-state index in [1.807, 2.05) is 26.0 Å². The minimum atomic E-state index is -1.19. The monoisotopic (exact) mass is 564 g/mol. The van der Waals surface area contributed by atoms with Gasteiger partial charge in [-0.05, 0) is 68.2 Å². The Balaban J connectivity index is 1.26. The SMILES string of the molecule is Cc1cc(C(C)Nc2ccc(Cl)nc2C(=O)O)c2nc(N3CC4C(C3)C4C(=O)NCC3CCC3)n(C)c(=O)c2c1. The molecule has 3 atom stereocenters. The number of benzene rings is 1. The molecule has 3 aliphatic rings. The molecule has 2 aliphatic carbocycles. The third kappa shape index (κ3) is 4.68. The molecule has 3 heterocycles. The Bertz CT molecular complexity index is 1570. The first-order chi connectivity index (χ1) is 19.1. The van der Waals surface area contributed by atoms with E-state index in [2.05, 4.69) is 20.5 Å². The summed E-state index contributed by atoms with van der Waals surface area (Å²) in [6.07, 6.45) is 3.68. The molecule has 2 saturated carbocycles. The summed E-state index contributed by atoms with van der Waals surface area (Å²) < 4.78 is 1.59. The van der Waals surface area contributed by atoms with Crippen LogP contribution in [0.5, 0.6) is 0 Å². The summed E-state index contributed by atoms with van der Waals surface area (Å²) in [6, 6.07) is 6.53. The Hall–Kier alpha value is -3.66. The maximum absolute atomic E-state index is 13.5. The molecule has 40 heavy (non-hydrogen) atoms. The number of carbonyl (C=O) groups is 2. The number of halogens is 1. The Morgan fingerprint density at radius 2 is 1.90 bits per heavy atom. The van der Waals surface area contributed by atoms with Crippen LogP contribution in [0.1, 0.15) is 53.8 Å².